The van der Waals surface area contributed by atoms with Gasteiger partial charge in [-0.3, -0.25) is 0 Å². The lowest BCUT2D eigenvalue weighted by molar-refractivity contribution is 0.562. The van der Waals surface area contributed by atoms with Crippen molar-refractivity contribution in [2.24, 2.45) is 4.99 Å². The van der Waals surface area contributed by atoms with Crippen molar-refractivity contribution in [1.82, 2.24) is 0 Å². The van der Waals surface area contributed by atoms with Crippen LogP contribution in [0.1, 0.15) is 13.3 Å². The van der Waals surface area contributed by atoms with Gasteiger partial charge in [-0.05, 0) is 6.42 Å². The Morgan fingerprint density at radius 1 is 1.71 bits per heavy atom. The van der Waals surface area contributed by atoms with E-state index < -0.39 is 0 Å². The predicted octanol–water partition coefficient (Wildman–Crippen LogP) is 1.15. The highest BCUT2D eigenvalue weighted by Gasteiger charge is 1.66. The van der Waals surface area contributed by atoms with Crippen LogP contribution in [0.5, 0.6) is 0 Å². The van der Waals surface area contributed by atoms with Gasteiger partial charge in [0, 0.05) is 0 Å². The van der Waals surface area contributed by atoms with Gasteiger partial charge in [-0.15, -0.1) is 12.4 Å². The average Bonchev–Trinajstić information content (AvgIpc) is 1.61. The third kappa shape index (κ3) is 10.7. The molecule has 0 fully saturated rings. The molecule has 0 heterocycles. The number of hydrogen-bond donors (Lipinski definition) is 0. The summed E-state index contributed by atoms with van der Waals surface area (Å²) in [4.78, 5) is 12.6. The zero-order chi connectivity index (χ0) is 4.83. The van der Waals surface area contributed by atoms with Crippen LogP contribution in [0.4, 0.5) is 0 Å². The smallest absolute Gasteiger partial charge is 0.211 e. The molecular weight excluding hydrogens is 114 g/mol. The summed E-state index contributed by atoms with van der Waals surface area (Å²) in [5, 5.41) is 0. The second kappa shape index (κ2) is 9.18. The van der Waals surface area contributed by atoms with E-state index >= 15 is 0 Å². The number of nitrogens with zero attached hydrogens (tertiary/aromatic N) is 1. The lowest BCUT2D eigenvalue weighted by atomic mass is 10.5. The monoisotopic (exact) mass is 121 g/mol. The summed E-state index contributed by atoms with van der Waals surface area (Å²) in [6.07, 6.45) is 2.37. The maximum atomic E-state index is 9.27. The van der Waals surface area contributed by atoms with Crippen molar-refractivity contribution in [3.05, 3.63) is 0 Å². The number of rotatable bonds is 2. The largest absolute Gasteiger partial charge is 0.234 e. The van der Waals surface area contributed by atoms with Crippen LogP contribution >= 0.6 is 12.4 Å². The predicted molar refractivity (Wildman–Crippen MR) is 30.5 cm³/mol. The highest BCUT2D eigenvalue weighted by atomic mass is 35.5. The Bertz CT molecular complexity index is 68.1. The molecule has 0 atom stereocenters. The van der Waals surface area contributed by atoms with Gasteiger partial charge < -0.3 is 0 Å². The standard InChI is InChI=1S/C4H7NO.ClH/c1-2-3-5-4-6;/h2-3H2,1H3;1H. The lowest BCUT2D eigenvalue weighted by Crippen LogP contribution is -1.69. The lowest BCUT2D eigenvalue weighted by Gasteiger charge is -1.71. The first kappa shape index (κ1) is 9.83. The molecule has 0 aliphatic heterocycles. The van der Waals surface area contributed by atoms with Gasteiger partial charge in [0.2, 0.25) is 6.08 Å². The molecule has 0 aromatic heterocycles. The van der Waals surface area contributed by atoms with Crippen molar-refractivity contribution >= 4 is 18.5 Å². The fourth-order valence-electron chi connectivity index (χ4n) is 0.157. The molecule has 0 amide bonds. The second-order valence-corrected chi connectivity index (χ2v) is 0.973. The Morgan fingerprint density at radius 3 is 2.43 bits per heavy atom. The summed E-state index contributed by atoms with van der Waals surface area (Å²) in [5.41, 5.74) is 0. The van der Waals surface area contributed by atoms with Crippen LogP contribution in [0, 0.1) is 0 Å². The third-order valence-electron chi connectivity index (χ3n) is 0.400. The molecule has 3 heteroatoms. The van der Waals surface area contributed by atoms with E-state index in [0.29, 0.717) is 6.54 Å². The summed E-state index contributed by atoms with van der Waals surface area (Å²) >= 11 is 0. The van der Waals surface area contributed by atoms with E-state index in [9.17, 15) is 4.79 Å². The molecule has 2 nitrogen and oxygen atoms in total. The van der Waals surface area contributed by atoms with Crippen molar-refractivity contribution in [3.63, 3.8) is 0 Å². The van der Waals surface area contributed by atoms with Crippen LogP contribution in [0.25, 0.3) is 0 Å². The van der Waals surface area contributed by atoms with Gasteiger partial charge in [-0.2, -0.15) is 0 Å². The quantitative estimate of drug-likeness (QED) is 0.398. The number of hydrogen-bond acceptors (Lipinski definition) is 2. The Hall–Kier alpha value is -0.330. The summed E-state index contributed by atoms with van der Waals surface area (Å²) in [7, 11) is 0. The van der Waals surface area contributed by atoms with Crippen molar-refractivity contribution < 1.29 is 4.79 Å². The maximum Gasteiger partial charge on any atom is 0.234 e. The van der Waals surface area contributed by atoms with E-state index in [2.05, 4.69) is 4.99 Å². The van der Waals surface area contributed by atoms with E-state index in [0.717, 1.165) is 6.42 Å². The Balaban J connectivity index is 0. The molecule has 0 rings (SSSR count). The zero-order valence-electron chi connectivity index (χ0n) is 4.18. The zero-order valence-corrected chi connectivity index (χ0v) is 4.99. The first-order valence-corrected chi connectivity index (χ1v) is 1.95. The molecule has 0 saturated carbocycles. The molecule has 0 spiro atoms. The van der Waals surface area contributed by atoms with E-state index in [1.54, 1.807) is 0 Å². The molecule has 0 radical (unpaired) electrons. The summed E-state index contributed by atoms with van der Waals surface area (Å²) in [5.74, 6) is 0. The molecule has 0 aromatic carbocycles. The molecule has 42 valence electrons. The SMILES string of the molecule is CCCN=C=O.Cl. The molecule has 7 heavy (non-hydrogen) atoms. The van der Waals surface area contributed by atoms with E-state index in [1.165, 1.54) is 6.08 Å². The van der Waals surface area contributed by atoms with Crippen LogP contribution in [-0.4, -0.2) is 12.6 Å². The van der Waals surface area contributed by atoms with Gasteiger partial charge in [-0.1, -0.05) is 6.92 Å². The molecule has 0 saturated heterocycles. The second-order valence-electron chi connectivity index (χ2n) is 0.973. The number of aliphatic imine (C=N–C) groups is 1. The molecule has 0 N–H and O–H groups in total. The summed E-state index contributed by atoms with van der Waals surface area (Å²) in [6.45, 7) is 2.57. The minimum Gasteiger partial charge on any atom is -0.211 e. The maximum absolute atomic E-state index is 9.27. The van der Waals surface area contributed by atoms with Gasteiger partial charge in [0.25, 0.3) is 0 Å². The van der Waals surface area contributed by atoms with Gasteiger partial charge in [0.05, 0.1) is 6.54 Å². The fourth-order valence-corrected chi connectivity index (χ4v) is 0.157. The molecule has 0 bridgehead atoms. The van der Waals surface area contributed by atoms with Crippen molar-refractivity contribution in [3.8, 4) is 0 Å². The topological polar surface area (TPSA) is 29.4 Å². The van der Waals surface area contributed by atoms with Gasteiger partial charge in [0.1, 0.15) is 0 Å². The Morgan fingerprint density at radius 2 is 2.29 bits per heavy atom. The van der Waals surface area contributed by atoms with Gasteiger partial charge in [-0.25, -0.2) is 9.79 Å². The molecule has 0 aliphatic rings. The molecular formula is C4H8ClNO. The third-order valence-corrected chi connectivity index (χ3v) is 0.400. The van der Waals surface area contributed by atoms with Crippen molar-refractivity contribution in [2.75, 3.05) is 6.54 Å². The fraction of sp³-hybridized carbons (Fsp3) is 0.750. The number of isocyanates is 1. The van der Waals surface area contributed by atoms with Gasteiger partial charge >= 0.3 is 0 Å². The first-order valence-electron chi connectivity index (χ1n) is 1.95. The van der Waals surface area contributed by atoms with Crippen molar-refractivity contribution in [1.29, 1.82) is 0 Å². The normalized spacial score (nSPS) is 5.86. The minimum absolute atomic E-state index is 0. The van der Waals surface area contributed by atoms with Gasteiger partial charge in [0.15, 0.2) is 0 Å². The van der Waals surface area contributed by atoms with E-state index in [-0.39, 0.29) is 12.4 Å². The Kier molecular flexibility index (Phi) is 12.9. The van der Waals surface area contributed by atoms with Crippen LogP contribution in [0.15, 0.2) is 4.99 Å². The highest BCUT2D eigenvalue weighted by Crippen LogP contribution is 1.70. The highest BCUT2D eigenvalue weighted by molar-refractivity contribution is 5.85. The van der Waals surface area contributed by atoms with E-state index in [4.69, 9.17) is 0 Å². The average molecular weight is 122 g/mol. The van der Waals surface area contributed by atoms with Crippen molar-refractivity contribution in [2.45, 2.75) is 13.3 Å². The number of halogens is 1. The molecule has 0 aromatic rings. The number of carbonyl (C=O) groups excluding carboxylic acids is 1. The van der Waals surface area contributed by atoms with E-state index in [1.807, 2.05) is 6.92 Å². The van der Waals surface area contributed by atoms with Crippen LogP contribution in [0.3, 0.4) is 0 Å². The Labute approximate surface area is 49.0 Å². The first-order chi connectivity index (χ1) is 2.91. The van der Waals surface area contributed by atoms with Crippen LogP contribution in [0.2, 0.25) is 0 Å². The molecule has 0 unspecified atom stereocenters. The van der Waals surface area contributed by atoms with Crippen LogP contribution in [-0.2, 0) is 4.79 Å². The summed E-state index contributed by atoms with van der Waals surface area (Å²) in [6, 6.07) is 0. The summed E-state index contributed by atoms with van der Waals surface area (Å²) < 4.78 is 0. The van der Waals surface area contributed by atoms with Crippen LogP contribution < -0.4 is 0 Å². The minimum atomic E-state index is 0. The molecule has 0 aliphatic carbocycles.